The van der Waals surface area contributed by atoms with Gasteiger partial charge in [-0.1, -0.05) is 9.36 Å². The number of hydrogen-bond acceptors (Lipinski definition) is 9. The first-order valence-corrected chi connectivity index (χ1v) is 12.5. The summed E-state index contributed by atoms with van der Waals surface area (Å²) in [6.07, 6.45) is 3.15. The van der Waals surface area contributed by atoms with Crippen molar-refractivity contribution < 1.29 is 37.4 Å². The summed E-state index contributed by atoms with van der Waals surface area (Å²) in [5, 5.41) is 31.1. The van der Waals surface area contributed by atoms with Gasteiger partial charge in [-0.3, -0.25) is 19.0 Å². The molecule has 0 bridgehead atoms. The summed E-state index contributed by atoms with van der Waals surface area (Å²) in [5.74, 6) is 1.58. The highest BCUT2D eigenvalue weighted by Gasteiger charge is 2.25. The van der Waals surface area contributed by atoms with Gasteiger partial charge in [0.1, 0.15) is 20.3 Å². The van der Waals surface area contributed by atoms with E-state index >= 15 is 0 Å². The molecule has 0 saturated carbocycles. The zero-order valence-electron chi connectivity index (χ0n) is 22.7. The van der Waals surface area contributed by atoms with Gasteiger partial charge in [-0.05, 0) is 24.3 Å². The molecule has 0 saturated heterocycles. The number of aromatic nitrogens is 8. The highest BCUT2D eigenvalue weighted by Crippen LogP contribution is 2.22. The van der Waals surface area contributed by atoms with E-state index in [1.165, 1.54) is 0 Å². The van der Waals surface area contributed by atoms with Crippen molar-refractivity contribution in [1.82, 2.24) is 39.6 Å². The Morgan fingerprint density at radius 1 is 0.821 bits per heavy atom. The van der Waals surface area contributed by atoms with Gasteiger partial charge in [-0.25, -0.2) is 4.20 Å². The largest absolute Gasteiger partial charge is 0.786 e. The maximum atomic E-state index is 11.6. The van der Waals surface area contributed by atoms with Gasteiger partial charge in [0.25, 0.3) is 0 Å². The van der Waals surface area contributed by atoms with Crippen LogP contribution < -0.4 is 19.5 Å². The number of halogens is 1. The molecule has 17 nitrogen and oxygen atoms in total. The Labute approximate surface area is 223 Å². The van der Waals surface area contributed by atoms with Crippen molar-refractivity contribution in [2.75, 3.05) is 56.4 Å². The minimum atomic E-state index is -5.64. The van der Waals surface area contributed by atoms with E-state index in [-0.39, 0.29) is 0 Å². The zero-order valence-corrected chi connectivity index (χ0v) is 23.6. The fourth-order valence-corrected chi connectivity index (χ4v) is 3.60. The van der Waals surface area contributed by atoms with Gasteiger partial charge in [-0.2, -0.15) is 0 Å². The van der Waals surface area contributed by atoms with Crippen molar-refractivity contribution in [2.45, 2.75) is 0 Å². The lowest BCUT2D eigenvalue weighted by molar-refractivity contribution is -0.647. The smallest absolute Gasteiger partial charge is 0.381 e. The van der Waals surface area contributed by atoms with E-state index in [1.54, 1.807) is 33.9 Å². The molecule has 0 aromatic carbocycles. The second kappa shape index (κ2) is 12.5. The molecule has 0 fully saturated rings. The van der Waals surface area contributed by atoms with E-state index in [9.17, 15) is 14.6 Å². The van der Waals surface area contributed by atoms with E-state index in [1.807, 2.05) is 87.5 Å². The summed E-state index contributed by atoms with van der Waals surface area (Å²) in [6, 6.07) is 7.19. The molecule has 0 aliphatic rings. The van der Waals surface area contributed by atoms with Gasteiger partial charge in [0.2, 0.25) is 11.0 Å². The first-order valence-electron chi connectivity index (χ1n) is 11.1. The normalized spacial score (nSPS) is 10.7. The number of nitrogens with zero attached hydrogens (tertiary/aromatic N) is 12. The van der Waals surface area contributed by atoms with E-state index in [4.69, 9.17) is 14.4 Å². The molecule has 4 aromatic rings. The second-order valence-electron chi connectivity index (χ2n) is 8.65. The van der Waals surface area contributed by atoms with Crippen LogP contribution in [0.15, 0.2) is 36.7 Å². The Hall–Kier alpha value is -4.28. The van der Waals surface area contributed by atoms with Crippen LogP contribution in [0.3, 0.4) is 0 Å². The third-order valence-corrected chi connectivity index (χ3v) is 4.67. The minimum Gasteiger partial charge on any atom is -0.786 e. The third kappa shape index (κ3) is 7.86. The molecule has 19 heteroatoms. The van der Waals surface area contributed by atoms with Crippen LogP contribution in [0.2, 0.25) is 0 Å². The standard InChI is InChI=1S/2C10H15N6O.FH2O3P/c2*1-13(2)10(14(3)4)15-8-6-5-7-11-9(8)16(17)12-15;1-5(2,3)4/h2*5-7H,1-4H3;(H2,2,3,4)/q2*+1;/p-2. The molecule has 0 radical (unpaired) electrons. The average molecular weight is 569 g/mol. The zero-order chi connectivity index (χ0) is 29.7. The van der Waals surface area contributed by atoms with Crippen LogP contribution >= 0.6 is 7.91 Å². The maximum absolute atomic E-state index is 11.6. The fourth-order valence-electron chi connectivity index (χ4n) is 3.60. The monoisotopic (exact) mass is 568 g/mol. The van der Waals surface area contributed by atoms with Crippen molar-refractivity contribution in [3.63, 3.8) is 0 Å². The molecule has 0 aliphatic carbocycles. The Morgan fingerprint density at radius 3 is 1.38 bits per heavy atom. The third-order valence-electron chi connectivity index (χ3n) is 4.67. The Morgan fingerprint density at radius 2 is 1.13 bits per heavy atom. The van der Waals surface area contributed by atoms with Gasteiger partial charge < -0.3 is 24.8 Å². The maximum Gasteiger partial charge on any atom is 0.381 e. The van der Waals surface area contributed by atoms with Crippen molar-refractivity contribution in [3.8, 4) is 0 Å². The van der Waals surface area contributed by atoms with Crippen molar-refractivity contribution in [1.29, 1.82) is 0 Å². The van der Waals surface area contributed by atoms with E-state index < -0.39 is 7.91 Å². The topological polar surface area (TPSA) is 191 Å². The summed E-state index contributed by atoms with van der Waals surface area (Å²) in [5.41, 5.74) is 1.99. The molecular formula is C20H30FN12O5P. The summed E-state index contributed by atoms with van der Waals surface area (Å²) in [4.78, 5) is 29.8. The van der Waals surface area contributed by atoms with Crippen LogP contribution in [0.25, 0.3) is 22.3 Å². The summed E-state index contributed by atoms with van der Waals surface area (Å²) >= 11 is 0. The van der Waals surface area contributed by atoms with Gasteiger partial charge >= 0.3 is 23.2 Å². The molecule has 0 atom stereocenters. The highest BCUT2D eigenvalue weighted by molar-refractivity contribution is 7.42. The Bertz CT molecular complexity index is 1440. The van der Waals surface area contributed by atoms with Gasteiger partial charge in [-0.15, -0.1) is 19.7 Å². The lowest BCUT2D eigenvalue weighted by Crippen LogP contribution is -2.39. The van der Waals surface area contributed by atoms with Gasteiger partial charge in [0.05, 0.1) is 56.4 Å². The van der Waals surface area contributed by atoms with Crippen LogP contribution in [-0.2, 0) is 4.57 Å². The summed E-state index contributed by atoms with van der Waals surface area (Å²) in [6.45, 7) is 0. The molecule has 0 N–H and O–H groups in total. The molecule has 4 heterocycles. The molecule has 4 rings (SSSR count). The Balaban J connectivity index is 0.000000234. The number of pyridine rings is 2. The van der Waals surface area contributed by atoms with Crippen LogP contribution in [0.1, 0.15) is 0 Å². The first kappa shape index (κ1) is 30.9. The molecule has 39 heavy (non-hydrogen) atoms. The van der Waals surface area contributed by atoms with Crippen molar-refractivity contribution in [2.24, 2.45) is 0 Å². The number of rotatable bonds is 0. The Kier molecular flexibility index (Phi) is 9.92. The molecule has 0 spiro atoms. The van der Waals surface area contributed by atoms with Crippen LogP contribution in [0.4, 0.5) is 4.20 Å². The molecular weight excluding hydrogens is 538 g/mol. The molecule has 0 amide bonds. The number of hydrogen-bond donors (Lipinski definition) is 0. The van der Waals surface area contributed by atoms with Gasteiger partial charge in [0, 0.05) is 10.4 Å². The van der Waals surface area contributed by atoms with Crippen molar-refractivity contribution in [3.05, 3.63) is 47.1 Å². The van der Waals surface area contributed by atoms with Gasteiger partial charge in [0.15, 0.2) is 0 Å². The van der Waals surface area contributed by atoms with Crippen LogP contribution in [0, 0.1) is 10.4 Å². The van der Waals surface area contributed by atoms with Crippen LogP contribution in [-0.4, -0.2) is 117 Å². The predicted octanol–water partition coefficient (Wildman–Crippen LogP) is -3.01. The molecule has 0 unspecified atom stereocenters. The van der Waals surface area contributed by atoms with E-state index in [2.05, 4.69) is 20.4 Å². The van der Waals surface area contributed by atoms with E-state index in [0.717, 1.165) is 11.9 Å². The quantitative estimate of drug-likeness (QED) is 0.0690. The molecule has 4 aromatic heterocycles. The minimum absolute atomic E-state index is 0.314. The van der Waals surface area contributed by atoms with Crippen LogP contribution in [0.5, 0.6) is 0 Å². The summed E-state index contributed by atoms with van der Waals surface area (Å²) < 4.78 is 25.5. The average Bonchev–Trinajstić information content (AvgIpc) is 3.30. The van der Waals surface area contributed by atoms with E-state index in [0.29, 0.717) is 32.0 Å². The number of fused-ring (bicyclic) bond motifs is 2. The SMILES string of the molecule is CN(C)C(n1n[n+]([O-])c2ncccc21)=[N+](C)C.CN(C)C(n1n[n+]([O-])c2ncccc21)=[N+](C)C.O=P([O-])([O-])F. The lowest BCUT2D eigenvalue weighted by Gasteiger charge is -2.15. The molecule has 0 aliphatic heterocycles. The lowest BCUT2D eigenvalue weighted by atomic mass is 10.4. The van der Waals surface area contributed by atoms with Crippen molar-refractivity contribution >= 4 is 42.2 Å². The fraction of sp³-hybridized carbons (Fsp3) is 0.400. The summed E-state index contributed by atoms with van der Waals surface area (Å²) in [7, 11) is 9.54. The first-order chi connectivity index (χ1) is 18.0. The second-order valence-corrected chi connectivity index (χ2v) is 9.51. The molecule has 212 valence electrons. The predicted molar refractivity (Wildman–Crippen MR) is 134 cm³/mol. The highest BCUT2D eigenvalue weighted by atomic mass is 31.2.